The van der Waals surface area contributed by atoms with Crippen molar-refractivity contribution in [2.45, 2.75) is 32.7 Å². The van der Waals surface area contributed by atoms with Gasteiger partial charge in [0.05, 0.1) is 6.54 Å². The molecule has 2 rings (SSSR count). The van der Waals surface area contributed by atoms with E-state index in [-0.39, 0.29) is 0 Å². The number of nitrogens with zero attached hydrogens (tertiary/aromatic N) is 4. The van der Waals surface area contributed by atoms with E-state index in [0.717, 1.165) is 64.1 Å². The molecule has 0 atom stereocenters. The Hall–Kier alpha value is -1.86. The van der Waals surface area contributed by atoms with Crippen LogP contribution in [0, 0.1) is 0 Å². The maximum absolute atomic E-state index is 5.10. The molecule has 0 saturated carbocycles. The first-order valence-electron chi connectivity index (χ1n) is 10.1. The Morgan fingerprint density at radius 2 is 2.11 bits per heavy atom. The maximum atomic E-state index is 5.10. The second-order valence-corrected chi connectivity index (χ2v) is 6.99. The van der Waals surface area contributed by atoms with Crippen molar-refractivity contribution in [1.29, 1.82) is 0 Å². The molecule has 0 unspecified atom stereocenters. The summed E-state index contributed by atoms with van der Waals surface area (Å²) < 4.78 is 5.10. The van der Waals surface area contributed by atoms with Crippen LogP contribution in [0.2, 0.25) is 0 Å². The number of aliphatic imine (C=N–C) groups is 1. The summed E-state index contributed by atoms with van der Waals surface area (Å²) in [5.41, 5.74) is 1.20. The van der Waals surface area contributed by atoms with Crippen molar-refractivity contribution in [1.82, 2.24) is 20.5 Å². The standard InChI is InChI=1S/C20H36N6O/c1-4-21-20(23-10-14-25(2)11-7-15-27-3)24-17-18-8-9-22-19(16-18)26-12-5-6-13-26/h8-9,16H,4-7,10-15,17H2,1-3H3,(H2,21,23,24). The Morgan fingerprint density at radius 1 is 1.30 bits per heavy atom. The Labute approximate surface area is 164 Å². The molecule has 27 heavy (non-hydrogen) atoms. The molecule has 2 N–H and O–H groups in total. The van der Waals surface area contributed by atoms with Crippen LogP contribution in [0.4, 0.5) is 5.82 Å². The number of likely N-dealkylation sites (N-methyl/N-ethyl adjacent to an activating group) is 1. The van der Waals surface area contributed by atoms with Crippen molar-refractivity contribution >= 4 is 11.8 Å². The molecule has 1 aliphatic rings. The summed E-state index contributed by atoms with van der Waals surface area (Å²) >= 11 is 0. The number of ether oxygens (including phenoxy) is 1. The van der Waals surface area contributed by atoms with Crippen LogP contribution in [-0.2, 0) is 11.3 Å². The third kappa shape index (κ3) is 8.13. The second-order valence-electron chi connectivity index (χ2n) is 6.99. The smallest absolute Gasteiger partial charge is 0.191 e. The van der Waals surface area contributed by atoms with E-state index in [0.29, 0.717) is 6.54 Å². The van der Waals surface area contributed by atoms with Gasteiger partial charge in [0.15, 0.2) is 5.96 Å². The number of guanidine groups is 1. The van der Waals surface area contributed by atoms with Crippen LogP contribution in [0.15, 0.2) is 23.3 Å². The minimum Gasteiger partial charge on any atom is -0.385 e. The molecule has 0 amide bonds. The number of nitrogens with one attached hydrogen (secondary N) is 2. The summed E-state index contributed by atoms with van der Waals surface area (Å²) in [7, 11) is 3.88. The predicted octanol–water partition coefficient (Wildman–Crippen LogP) is 1.71. The van der Waals surface area contributed by atoms with Gasteiger partial charge in [-0.25, -0.2) is 9.98 Å². The van der Waals surface area contributed by atoms with Crippen LogP contribution in [0.5, 0.6) is 0 Å². The summed E-state index contributed by atoms with van der Waals surface area (Å²) in [6.45, 7) is 9.52. The van der Waals surface area contributed by atoms with Gasteiger partial charge >= 0.3 is 0 Å². The Bertz CT molecular complexity index is 559. The topological polar surface area (TPSA) is 65.0 Å². The molecule has 1 aromatic rings. The van der Waals surface area contributed by atoms with E-state index in [1.807, 2.05) is 6.20 Å². The molecule has 7 heteroatoms. The molecule has 0 bridgehead atoms. The van der Waals surface area contributed by atoms with Crippen molar-refractivity contribution in [3.63, 3.8) is 0 Å². The van der Waals surface area contributed by atoms with Gasteiger partial charge in [-0.2, -0.15) is 0 Å². The van der Waals surface area contributed by atoms with E-state index in [1.165, 1.54) is 18.4 Å². The van der Waals surface area contributed by atoms with Gasteiger partial charge < -0.3 is 25.2 Å². The third-order valence-electron chi connectivity index (χ3n) is 4.68. The molecule has 0 aromatic carbocycles. The molecule has 1 aromatic heterocycles. The van der Waals surface area contributed by atoms with E-state index in [2.05, 4.69) is 51.5 Å². The lowest BCUT2D eigenvalue weighted by atomic mass is 10.2. The highest BCUT2D eigenvalue weighted by Gasteiger charge is 2.13. The largest absolute Gasteiger partial charge is 0.385 e. The summed E-state index contributed by atoms with van der Waals surface area (Å²) in [5, 5.41) is 6.74. The Morgan fingerprint density at radius 3 is 2.85 bits per heavy atom. The highest BCUT2D eigenvalue weighted by atomic mass is 16.5. The minimum atomic E-state index is 0.655. The van der Waals surface area contributed by atoms with Gasteiger partial charge in [0.25, 0.3) is 0 Å². The van der Waals surface area contributed by atoms with Gasteiger partial charge in [0, 0.05) is 59.2 Å². The molecular formula is C20H36N6O. The average Bonchev–Trinajstić information content (AvgIpc) is 3.21. The monoisotopic (exact) mass is 376 g/mol. The SMILES string of the molecule is CCNC(=NCc1ccnc(N2CCCC2)c1)NCCN(C)CCCOC. The fraction of sp³-hybridized carbons (Fsp3) is 0.700. The number of rotatable bonds is 11. The van der Waals surface area contributed by atoms with Gasteiger partial charge in [-0.1, -0.05) is 0 Å². The van der Waals surface area contributed by atoms with Crippen molar-refractivity contribution in [3.8, 4) is 0 Å². The van der Waals surface area contributed by atoms with Crippen LogP contribution >= 0.6 is 0 Å². The van der Waals surface area contributed by atoms with Gasteiger partial charge in [0.2, 0.25) is 0 Å². The first-order chi connectivity index (χ1) is 13.2. The lowest BCUT2D eigenvalue weighted by molar-refractivity contribution is 0.180. The molecular weight excluding hydrogens is 340 g/mol. The fourth-order valence-electron chi connectivity index (χ4n) is 3.15. The van der Waals surface area contributed by atoms with Crippen LogP contribution in [-0.4, -0.2) is 75.9 Å². The van der Waals surface area contributed by atoms with Crippen molar-refractivity contribution in [2.24, 2.45) is 4.99 Å². The number of methoxy groups -OCH3 is 1. The lowest BCUT2D eigenvalue weighted by Crippen LogP contribution is -2.41. The molecule has 7 nitrogen and oxygen atoms in total. The van der Waals surface area contributed by atoms with Crippen LogP contribution in [0.1, 0.15) is 31.7 Å². The molecule has 1 fully saturated rings. The van der Waals surface area contributed by atoms with E-state index in [1.54, 1.807) is 7.11 Å². The number of hydrogen-bond acceptors (Lipinski definition) is 5. The molecule has 1 saturated heterocycles. The van der Waals surface area contributed by atoms with Crippen molar-refractivity contribution in [3.05, 3.63) is 23.9 Å². The predicted molar refractivity (Wildman–Crippen MR) is 112 cm³/mol. The fourth-order valence-corrected chi connectivity index (χ4v) is 3.15. The number of pyridine rings is 1. The highest BCUT2D eigenvalue weighted by molar-refractivity contribution is 5.79. The molecule has 152 valence electrons. The minimum absolute atomic E-state index is 0.655. The van der Waals surface area contributed by atoms with Crippen LogP contribution in [0.3, 0.4) is 0 Å². The quantitative estimate of drug-likeness (QED) is 0.348. The van der Waals surface area contributed by atoms with Gasteiger partial charge in [-0.05, 0) is 50.9 Å². The average molecular weight is 377 g/mol. The number of aromatic nitrogens is 1. The first kappa shape index (κ1) is 21.4. The van der Waals surface area contributed by atoms with Gasteiger partial charge in [-0.15, -0.1) is 0 Å². The van der Waals surface area contributed by atoms with Gasteiger partial charge in [-0.3, -0.25) is 0 Å². The van der Waals surface area contributed by atoms with E-state index in [9.17, 15) is 0 Å². The summed E-state index contributed by atoms with van der Waals surface area (Å²) in [5.74, 6) is 1.94. The van der Waals surface area contributed by atoms with Crippen LogP contribution < -0.4 is 15.5 Å². The number of anilines is 1. The Kier molecular flexibility index (Phi) is 9.94. The summed E-state index contributed by atoms with van der Waals surface area (Å²) in [6.07, 6.45) is 5.48. The molecule has 0 aliphatic carbocycles. The normalized spacial score (nSPS) is 14.8. The van der Waals surface area contributed by atoms with Crippen molar-refractivity contribution in [2.75, 3.05) is 64.9 Å². The summed E-state index contributed by atoms with van der Waals surface area (Å²) in [4.78, 5) is 13.9. The first-order valence-corrected chi connectivity index (χ1v) is 10.1. The van der Waals surface area contributed by atoms with Crippen molar-refractivity contribution < 1.29 is 4.74 Å². The Balaban J connectivity index is 1.81. The second kappa shape index (κ2) is 12.5. The van der Waals surface area contributed by atoms with E-state index in [4.69, 9.17) is 9.73 Å². The van der Waals surface area contributed by atoms with E-state index >= 15 is 0 Å². The van der Waals surface area contributed by atoms with Gasteiger partial charge in [0.1, 0.15) is 5.82 Å². The maximum Gasteiger partial charge on any atom is 0.191 e. The van der Waals surface area contributed by atoms with Crippen LogP contribution in [0.25, 0.3) is 0 Å². The molecule has 0 spiro atoms. The summed E-state index contributed by atoms with van der Waals surface area (Å²) in [6, 6.07) is 4.22. The molecule has 2 heterocycles. The number of hydrogen-bond donors (Lipinski definition) is 2. The zero-order chi connectivity index (χ0) is 19.3. The molecule has 1 aliphatic heterocycles. The van der Waals surface area contributed by atoms with E-state index < -0.39 is 0 Å². The third-order valence-corrected chi connectivity index (χ3v) is 4.68. The lowest BCUT2D eigenvalue weighted by Gasteiger charge is -2.18. The zero-order valence-corrected chi connectivity index (χ0v) is 17.2. The molecule has 0 radical (unpaired) electrons. The highest BCUT2D eigenvalue weighted by Crippen LogP contribution is 2.18. The zero-order valence-electron chi connectivity index (χ0n) is 17.2.